The number of amides is 1. The van der Waals surface area contributed by atoms with E-state index in [2.05, 4.69) is 10.1 Å². The first-order chi connectivity index (χ1) is 12.0. The van der Waals surface area contributed by atoms with Gasteiger partial charge in [0.25, 0.3) is 11.5 Å². The van der Waals surface area contributed by atoms with Crippen LogP contribution in [0.3, 0.4) is 0 Å². The van der Waals surface area contributed by atoms with Crippen molar-refractivity contribution in [2.75, 3.05) is 20.3 Å². The molecule has 2 aromatic rings. The Balaban J connectivity index is 2.01. The van der Waals surface area contributed by atoms with Gasteiger partial charge in [-0.25, -0.2) is 0 Å². The summed E-state index contributed by atoms with van der Waals surface area (Å²) in [5, 5.41) is 22.5. The van der Waals surface area contributed by atoms with Crippen LogP contribution in [0.1, 0.15) is 23.2 Å². The van der Waals surface area contributed by atoms with E-state index in [1.165, 1.54) is 7.11 Å². The minimum absolute atomic E-state index is 0.218. The number of hydrogen-bond acceptors (Lipinski definition) is 6. The molecule has 1 heterocycles. The summed E-state index contributed by atoms with van der Waals surface area (Å²) in [6, 6.07) is 6.64. The Kier molecular flexibility index (Phi) is 4.91. The monoisotopic (exact) mass is 348 g/mol. The van der Waals surface area contributed by atoms with Gasteiger partial charge in [-0.15, -0.1) is 4.73 Å². The number of aromatic nitrogens is 1. The second-order valence-corrected chi connectivity index (χ2v) is 5.98. The molecule has 1 aromatic heterocycles. The van der Waals surface area contributed by atoms with E-state index in [1.54, 1.807) is 24.3 Å². The number of nitrogens with one attached hydrogen (secondary N) is 1. The number of para-hydroxylation sites is 1. The predicted octanol–water partition coefficient (Wildman–Crippen LogP) is 0.240. The van der Waals surface area contributed by atoms with Gasteiger partial charge < -0.3 is 25.1 Å². The number of pyridine rings is 1. The Morgan fingerprint density at radius 1 is 1.40 bits per heavy atom. The van der Waals surface area contributed by atoms with Gasteiger partial charge in [-0.3, -0.25) is 9.59 Å². The van der Waals surface area contributed by atoms with Crippen LogP contribution in [-0.2, 0) is 4.74 Å². The highest BCUT2D eigenvalue weighted by molar-refractivity contribution is 6.02. The molecule has 8 nitrogen and oxygen atoms in total. The molecule has 0 aliphatic heterocycles. The molecular weight excluding hydrogens is 328 g/mol. The standard InChI is InChI=1S/C17H20N2O6/c1-24-13(20)8-18-16(22)14-15(21)11-4-2-3-5-12(11)19(17(14)23)25-9-10-6-7-10/h2-5,10,13,20-21H,6-9H2,1H3,(H,18,22). The number of carbonyl (C=O) groups excluding carboxylic acids is 1. The first-order valence-corrected chi connectivity index (χ1v) is 8.02. The van der Waals surface area contributed by atoms with E-state index in [4.69, 9.17) is 4.84 Å². The third-order valence-electron chi connectivity index (χ3n) is 4.09. The van der Waals surface area contributed by atoms with E-state index >= 15 is 0 Å². The van der Waals surface area contributed by atoms with Crippen molar-refractivity contribution in [3.05, 3.63) is 40.2 Å². The Labute approximate surface area is 143 Å². The summed E-state index contributed by atoms with van der Waals surface area (Å²) < 4.78 is 5.68. The third-order valence-corrected chi connectivity index (χ3v) is 4.09. The molecule has 0 radical (unpaired) electrons. The van der Waals surface area contributed by atoms with Crippen molar-refractivity contribution in [1.82, 2.24) is 10.0 Å². The summed E-state index contributed by atoms with van der Waals surface area (Å²) in [5.41, 5.74) is -0.793. The quantitative estimate of drug-likeness (QED) is 0.619. The highest BCUT2D eigenvalue weighted by Gasteiger charge is 2.26. The molecule has 0 saturated heterocycles. The molecule has 1 fully saturated rings. The van der Waals surface area contributed by atoms with Crippen molar-refractivity contribution in [2.24, 2.45) is 5.92 Å². The first kappa shape index (κ1) is 17.2. The molecule has 1 saturated carbocycles. The fourth-order valence-corrected chi connectivity index (χ4v) is 2.45. The number of nitrogens with zero attached hydrogens (tertiary/aromatic N) is 1. The number of aliphatic hydroxyl groups excluding tert-OH is 1. The zero-order valence-corrected chi connectivity index (χ0v) is 13.8. The molecule has 134 valence electrons. The second kappa shape index (κ2) is 7.12. The maximum Gasteiger partial charge on any atom is 0.300 e. The number of hydrogen-bond donors (Lipinski definition) is 3. The second-order valence-electron chi connectivity index (χ2n) is 5.98. The van der Waals surface area contributed by atoms with Gasteiger partial charge in [0.15, 0.2) is 6.29 Å². The smallest absolute Gasteiger partial charge is 0.300 e. The molecule has 0 spiro atoms. The van der Waals surface area contributed by atoms with Crippen LogP contribution < -0.4 is 15.7 Å². The predicted molar refractivity (Wildman–Crippen MR) is 89.4 cm³/mol. The molecule has 1 unspecified atom stereocenters. The molecular formula is C17H20N2O6. The Morgan fingerprint density at radius 3 is 2.80 bits per heavy atom. The lowest BCUT2D eigenvalue weighted by Crippen LogP contribution is -2.39. The summed E-state index contributed by atoms with van der Waals surface area (Å²) in [6.07, 6.45) is 0.889. The van der Waals surface area contributed by atoms with Crippen LogP contribution in [0.15, 0.2) is 29.1 Å². The van der Waals surface area contributed by atoms with Gasteiger partial charge in [0.1, 0.15) is 17.9 Å². The fourth-order valence-electron chi connectivity index (χ4n) is 2.45. The zero-order valence-electron chi connectivity index (χ0n) is 13.8. The summed E-state index contributed by atoms with van der Waals surface area (Å²) in [5.74, 6) is -0.821. The average Bonchev–Trinajstić information content (AvgIpc) is 3.44. The van der Waals surface area contributed by atoms with E-state index in [9.17, 15) is 19.8 Å². The van der Waals surface area contributed by atoms with Crippen LogP contribution >= 0.6 is 0 Å². The van der Waals surface area contributed by atoms with Gasteiger partial charge >= 0.3 is 0 Å². The lowest BCUT2D eigenvalue weighted by atomic mass is 10.1. The molecule has 0 bridgehead atoms. The van der Waals surface area contributed by atoms with Crippen LogP contribution in [0.4, 0.5) is 0 Å². The molecule has 1 amide bonds. The molecule has 8 heteroatoms. The van der Waals surface area contributed by atoms with Crippen LogP contribution in [0.2, 0.25) is 0 Å². The minimum atomic E-state index is -1.21. The number of methoxy groups -OCH3 is 1. The van der Waals surface area contributed by atoms with E-state index < -0.39 is 29.1 Å². The molecule has 1 aliphatic carbocycles. The number of carbonyl (C=O) groups is 1. The maximum atomic E-state index is 12.7. The van der Waals surface area contributed by atoms with Crippen molar-refractivity contribution < 1.29 is 24.6 Å². The summed E-state index contributed by atoms with van der Waals surface area (Å²) in [7, 11) is 1.28. The summed E-state index contributed by atoms with van der Waals surface area (Å²) in [6.45, 7) is 0.155. The molecule has 3 rings (SSSR count). The van der Waals surface area contributed by atoms with Crippen molar-refractivity contribution in [3.8, 4) is 5.75 Å². The fraction of sp³-hybridized carbons (Fsp3) is 0.412. The van der Waals surface area contributed by atoms with Crippen molar-refractivity contribution >= 4 is 16.8 Å². The normalized spacial score (nSPS) is 15.1. The van der Waals surface area contributed by atoms with Gasteiger partial charge in [0, 0.05) is 12.5 Å². The van der Waals surface area contributed by atoms with E-state index in [0.29, 0.717) is 23.4 Å². The lowest BCUT2D eigenvalue weighted by molar-refractivity contribution is -0.0695. The van der Waals surface area contributed by atoms with Crippen LogP contribution in [0.25, 0.3) is 10.9 Å². The van der Waals surface area contributed by atoms with Crippen molar-refractivity contribution in [3.63, 3.8) is 0 Å². The number of benzene rings is 1. The van der Waals surface area contributed by atoms with Gasteiger partial charge in [-0.05, 0) is 30.9 Å². The third kappa shape index (κ3) is 3.59. The average molecular weight is 348 g/mol. The molecule has 1 aromatic carbocycles. The number of fused-ring (bicyclic) bond motifs is 1. The number of aliphatic hydroxyl groups is 1. The van der Waals surface area contributed by atoms with Gasteiger partial charge in [-0.2, -0.15) is 0 Å². The Bertz CT molecular complexity index is 843. The highest BCUT2D eigenvalue weighted by atomic mass is 16.7. The van der Waals surface area contributed by atoms with Crippen molar-refractivity contribution in [2.45, 2.75) is 19.1 Å². The van der Waals surface area contributed by atoms with Gasteiger partial charge in [-0.1, -0.05) is 12.1 Å². The van der Waals surface area contributed by atoms with Crippen LogP contribution in [-0.4, -0.2) is 47.4 Å². The van der Waals surface area contributed by atoms with Crippen molar-refractivity contribution in [1.29, 1.82) is 0 Å². The maximum absolute atomic E-state index is 12.7. The van der Waals surface area contributed by atoms with E-state index in [-0.39, 0.29) is 6.54 Å². The Morgan fingerprint density at radius 2 is 2.12 bits per heavy atom. The minimum Gasteiger partial charge on any atom is -0.506 e. The number of aromatic hydroxyl groups is 1. The van der Waals surface area contributed by atoms with Gasteiger partial charge in [0.2, 0.25) is 0 Å². The molecule has 1 atom stereocenters. The van der Waals surface area contributed by atoms with Crippen LogP contribution in [0.5, 0.6) is 5.75 Å². The summed E-state index contributed by atoms with van der Waals surface area (Å²) in [4.78, 5) is 30.7. The zero-order chi connectivity index (χ0) is 18.0. The molecule has 3 N–H and O–H groups in total. The Hall–Kier alpha value is -2.58. The highest BCUT2D eigenvalue weighted by Crippen LogP contribution is 2.29. The molecule has 25 heavy (non-hydrogen) atoms. The lowest BCUT2D eigenvalue weighted by Gasteiger charge is -2.16. The largest absolute Gasteiger partial charge is 0.506 e. The topological polar surface area (TPSA) is 110 Å². The van der Waals surface area contributed by atoms with Crippen LogP contribution in [0, 0.1) is 5.92 Å². The number of ether oxygens (including phenoxy) is 1. The van der Waals surface area contributed by atoms with E-state index in [1.807, 2.05) is 0 Å². The summed E-state index contributed by atoms with van der Waals surface area (Å²) >= 11 is 0. The van der Waals surface area contributed by atoms with Gasteiger partial charge in [0.05, 0.1) is 12.1 Å². The first-order valence-electron chi connectivity index (χ1n) is 8.02. The van der Waals surface area contributed by atoms with E-state index in [0.717, 1.165) is 17.6 Å². The molecule has 1 aliphatic rings. The SMILES string of the molecule is COC(O)CNC(=O)c1c(O)c2ccccc2n(OCC2CC2)c1=O. The number of rotatable bonds is 7.